The first kappa shape index (κ1) is 16.2. The summed E-state index contributed by atoms with van der Waals surface area (Å²) < 4.78 is 33.1. The number of benzene rings is 1. The number of anilines is 1. The molecular formula is C17H20F2N2O2. The monoisotopic (exact) mass is 322 g/mol. The largest absolute Gasteiger partial charge is 0.392 e. The molecule has 0 amide bonds. The van der Waals surface area contributed by atoms with Crippen LogP contribution in [0, 0.1) is 34.3 Å². The van der Waals surface area contributed by atoms with Gasteiger partial charge in [-0.3, -0.25) is 0 Å². The number of aliphatic hydroxyl groups excluding tert-OH is 1. The lowest BCUT2D eigenvalue weighted by Gasteiger charge is -2.37. The number of hydrogen-bond acceptors (Lipinski definition) is 4. The van der Waals surface area contributed by atoms with E-state index in [0.29, 0.717) is 19.8 Å². The molecule has 3 rings (SSSR count). The smallest absolute Gasteiger partial charge is 0.150 e. The number of hydrogen-bond donors (Lipinski definition) is 2. The average Bonchev–Trinajstić information content (AvgIpc) is 2.84. The molecule has 1 aliphatic carbocycles. The lowest BCUT2D eigenvalue weighted by atomic mass is 9.76. The van der Waals surface area contributed by atoms with E-state index in [-0.39, 0.29) is 22.6 Å². The second-order valence-electron chi connectivity index (χ2n) is 6.53. The fraction of sp³-hybridized carbons (Fsp3) is 0.588. The standard InChI is InChI=1S/C17H20F2N2O2/c18-13-7-11(9-20)8-14(19)15(13)21-10-12-1-2-17(16(12)22)3-5-23-6-4-17/h7-8,12,16,21-22H,1-6,10H2/t12-,16-/m1/s1. The topological polar surface area (TPSA) is 65.3 Å². The van der Waals surface area contributed by atoms with Crippen molar-refractivity contribution >= 4 is 5.69 Å². The van der Waals surface area contributed by atoms with E-state index in [4.69, 9.17) is 10.00 Å². The fourth-order valence-electron chi connectivity index (χ4n) is 3.86. The number of nitrogens with one attached hydrogen (secondary N) is 1. The maximum absolute atomic E-state index is 13.9. The summed E-state index contributed by atoms with van der Waals surface area (Å²) in [6, 6.07) is 3.74. The number of nitriles is 1. The van der Waals surface area contributed by atoms with Gasteiger partial charge in [-0.2, -0.15) is 5.26 Å². The van der Waals surface area contributed by atoms with Crippen LogP contribution in [0.5, 0.6) is 0 Å². The normalized spacial score (nSPS) is 26.2. The van der Waals surface area contributed by atoms with Crippen molar-refractivity contribution in [2.75, 3.05) is 25.1 Å². The first-order chi connectivity index (χ1) is 11.1. The van der Waals surface area contributed by atoms with Gasteiger partial charge in [0.25, 0.3) is 0 Å². The van der Waals surface area contributed by atoms with Crippen molar-refractivity contribution in [2.24, 2.45) is 11.3 Å². The third kappa shape index (κ3) is 3.04. The zero-order chi connectivity index (χ0) is 16.4. The number of rotatable bonds is 3. The molecule has 2 N–H and O–H groups in total. The van der Waals surface area contributed by atoms with E-state index < -0.39 is 17.7 Å². The van der Waals surface area contributed by atoms with Gasteiger partial charge < -0.3 is 15.2 Å². The number of halogens is 2. The van der Waals surface area contributed by atoms with Gasteiger partial charge in [-0.05, 0) is 37.8 Å². The van der Waals surface area contributed by atoms with Crippen LogP contribution in [-0.4, -0.2) is 31.0 Å². The van der Waals surface area contributed by atoms with Crippen LogP contribution in [0.3, 0.4) is 0 Å². The number of ether oxygens (including phenoxy) is 1. The lowest BCUT2D eigenvalue weighted by molar-refractivity contribution is -0.0545. The summed E-state index contributed by atoms with van der Waals surface area (Å²) in [6.07, 6.45) is 2.94. The van der Waals surface area contributed by atoms with Crippen LogP contribution < -0.4 is 5.32 Å². The number of aliphatic hydroxyl groups is 1. The van der Waals surface area contributed by atoms with Crippen molar-refractivity contribution in [1.29, 1.82) is 5.26 Å². The first-order valence-corrected chi connectivity index (χ1v) is 7.94. The van der Waals surface area contributed by atoms with Gasteiger partial charge in [-0.25, -0.2) is 8.78 Å². The van der Waals surface area contributed by atoms with Gasteiger partial charge in [0, 0.05) is 31.1 Å². The highest BCUT2D eigenvalue weighted by atomic mass is 19.1. The van der Waals surface area contributed by atoms with Crippen LogP contribution in [0.4, 0.5) is 14.5 Å². The van der Waals surface area contributed by atoms with E-state index in [1.54, 1.807) is 6.07 Å². The molecule has 0 bridgehead atoms. The highest BCUT2D eigenvalue weighted by molar-refractivity contribution is 5.50. The van der Waals surface area contributed by atoms with E-state index >= 15 is 0 Å². The minimum atomic E-state index is -0.783. The molecule has 2 fully saturated rings. The molecule has 1 aromatic rings. The molecule has 124 valence electrons. The maximum atomic E-state index is 13.9. The van der Waals surface area contributed by atoms with Gasteiger partial charge in [0.2, 0.25) is 0 Å². The summed E-state index contributed by atoms with van der Waals surface area (Å²) in [6.45, 7) is 1.63. The van der Waals surface area contributed by atoms with Gasteiger partial charge in [-0.1, -0.05) is 0 Å². The minimum absolute atomic E-state index is 0.0393. The Labute approximate surface area is 134 Å². The van der Waals surface area contributed by atoms with Gasteiger partial charge in [0.15, 0.2) is 11.6 Å². The van der Waals surface area contributed by atoms with Crippen molar-refractivity contribution in [2.45, 2.75) is 31.8 Å². The molecule has 1 aliphatic heterocycles. The van der Waals surface area contributed by atoms with E-state index in [0.717, 1.165) is 37.8 Å². The highest BCUT2D eigenvalue weighted by Gasteiger charge is 2.48. The van der Waals surface area contributed by atoms with Gasteiger partial charge in [-0.15, -0.1) is 0 Å². The van der Waals surface area contributed by atoms with Crippen molar-refractivity contribution in [3.63, 3.8) is 0 Å². The molecule has 1 saturated carbocycles. The Morgan fingerprint density at radius 1 is 1.26 bits per heavy atom. The second-order valence-corrected chi connectivity index (χ2v) is 6.53. The Bertz CT molecular complexity index is 601. The maximum Gasteiger partial charge on any atom is 0.150 e. The quantitative estimate of drug-likeness (QED) is 0.898. The third-order valence-corrected chi connectivity index (χ3v) is 5.29. The van der Waals surface area contributed by atoms with E-state index in [2.05, 4.69) is 5.32 Å². The molecule has 0 unspecified atom stereocenters. The Morgan fingerprint density at radius 2 is 1.91 bits per heavy atom. The number of nitrogens with zero attached hydrogens (tertiary/aromatic N) is 1. The van der Waals surface area contributed by atoms with Crippen LogP contribution in [0.2, 0.25) is 0 Å². The Kier molecular flexibility index (Phi) is 4.51. The molecule has 6 heteroatoms. The molecule has 1 heterocycles. The zero-order valence-electron chi connectivity index (χ0n) is 12.8. The zero-order valence-corrected chi connectivity index (χ0v) is 12.8. The molecule has 1 saturated heterocycles. The summed E-state index contributed by atoms with van der Waals surface area (Å²) in [4.78, 5) is 0. The Balaban J connectivity index is 1.67. The molecule has 4 nitrogen and oxygen atoms in total. The molecule has 1 aromatic carbocycles. The van der Waals surface area contributed by atoms with E-state index in [9.17, 15) is 13.9 Å². The van der Waals surface area contributed by atoms with Crippen molar-refractivity contribution in [3.8, 4) is 6.07 Å². The Hall–Kier alpha value is -1.71. The Morgan fingerprint density at radius 3 is 2.52 bits per heavy atom. The predicted octanol–water partition coefficient (Wildman–Crippen LogP) is 2.82. The fourth-order valence-corrected chi connectivity index (χ4v) is 3.86. The summed E-state index contributed by atoms with van der Waals surface area (Å²) in [5, 5.41) is 22.1. The van der Waals surface area contributed by atoms with Gasteiger partial charge >= 0.3 is 0 Å². The summed E-state index contributed by atoms with van der Waals surface area (Å²) in [5.74, 6) is -1.60. The highest BCUT2D eigenvalue weighted by Crippen LogP contribution is 2.48. The first-order valence-electron chi connectivity index (χ1n) is 7.94. The minimum Gasteiger partial charge on any atom is -0.392 e. The van der Waals surface area contributed by atoms with Crippen LogP contribution >= 0.6 is 0 Å². The lowest BCUT2D eigenvalue weighted by Crippen LogP contribution is -2.40. The predicted molar refractivity (Wildman–Crippen MR) is 80.8 cm³/mol. The van der Waals surface area contributed by atoms with Crippen molar-refractivity contribution in [1.82, 2.24) is 0 Å². The molecular weight excluding hydrogens is 302 g/mol. The van der Waals surface area contributed by atoms with E-state index in [1.165, 1.54) is 0 Å². The van der Waals surface area contributed by atoms with Crippen LogP contribution in [-0.2, 0) is 4.74 Å². The summed E-state index contributed by atoms with van der Waals surface area (Å²) >= 11 is 0. The van der Waals surface area contributed by atoms with Crippen molar-refractivity contribution in [3.05, 3.63) is 29.3 Å². The molecule has 23 heavy (non-hydrogen) atoms. The van der Waals surface area contributed by atoms with E-state index in [1.807, 2.05) is 0 Å². The molecule has 1 spiro atoms. The average molecular weight is 322 g/mol. The second kappa shape index (κ2) is 6.42. The summed E-state index contributed by atoms with van der Waals surface area (Å²) in [7, 11) is 0. The van der Waals surface area contributed by atoms with Gasteiger partial charge in [0.1, 0.15) is 5.69 Å². The molecule has 0 aromatic heterocycles. The van der Waals surface area contributed by atoms with Gasteiger partial charge in [0.05, 0.1) is 17.7 Å². The van der Waals surface area contributed by atoms with Crippen molar-refractivity contribution < 1.29 is 18.6 Å². The molecule has 2 aliphatic rings. The third-order valence-electron chi connectivity index (χ3n) is 5.29. The molecule has 0 radical (unpaired) electrons. The van der Waals surface area contributed by atoms with Crippen LogP contribution in [0.1, 0.15) is 31.2 Å². The van der Waals surface area contributed by atoms with Crippen LogP contribution in [0.15, 0.2) is 12.1 Å². The SMILES string of the molecule is N#Cc1cc(F)c(NC[C@H]2CCC3(CCOCC3)[C@@H]2O)c(F)c1. The molecule has 2 atom stereocenters. The summed E-state index contributed by atoms with van der Waals surface area (Å²) in [5.41, 5.74) is -0.386. The van der Waals surface area contributed by atoms with Crippen LogP contribution in [0.25, 0.3) is 0 Å².